The Bertz CT molecular complexity index is 5150. The van der Waals surface area contributed by atoms with Gasteiger partial charge in [0.05, 0.1) is 12.7 Å². The maximum Gasteiger partial charge on any atom is 0.405 e. The van der Waals surface area contributed by atoms with Gasteiger partial charge >= 0.3 is 12.4 Å². The number of carbonyl (C=O) groups is 4. The zero-order chi connectivity index (χ0) is 77.8. The molecule has 1 saturated heterocycles. The molecule has 31 nitrogen and oxygen atoms in total. The lowest BCUT2D eigenvalue weighted by Gasteiger charge is -2.28. The van der Waals surface area contributed by atoms with E-state index in [2.05, 4.69) is 121 Å². The molecule has 0 aromatic carbocycles. The summed E-state index contributed by atoms with van der Waals surface area (Å²) in [4.78, 5) is 124. The number of hydrogen-bond acceptors (Lipinski definition) is 23. The van der Waals surface area contributed by atoms with Crippen molar-refractivity contribution in [2.45, 2.75) is 116 Å². The minimum absolute atomic E-state index is 0.0275. The normalized spacial score (nSPS) is 14.6. The van der Waals surface area contributed by atoms with Crippen LogP contribution in [0.2, 0.25) is 0 Å². The number of likely N-dealkylation sites (N-methyl/N-ethyl adjacent to an activating group) is 2. The van der Waals surface area contributed by atoms with Crippen LogP contribution < -0.4 is 42.1 Å². The molecule has 13 rings (SSSR count). The fraction of sp³-hybridized carbons (Fsp3) is 0.338. The lowest BCUT2D eigenvalue weighted by atomic mass is 9.98. The number of carbonyl (C=O) groups excluding carboxylic acids is 4. The number of amides is 4. The number of pyridine rings is 4. The SMILES string of the molecule is CCNC(=O)C(C)(C)Nc1ncnc(-c2c[nH]c3ncccc23)n1.CCNC(=O)[C@@](C)(CC)Nc1ncnc(-c2c[nH]c3ncccc23)n1.CC[C@@](C)(Nc1ncnc(-c2c[nH]c3ncccc23)n1)C(=O)NCC(F)(F)F.O=C(NCC(F)(F)F)[C@H]1CC(F)(F)CN1c1nc(-c2c[nH]c3ncccc23)ncc1F. The van der Waals surface area contributed by atoms with E-state index in [4.69, 9.17) is 0 Å². The van der Waals surface area contributed by atoms with Gasteiger partial charge in [0.25, 0.3) is 5.92 Å². The molecular formula is C68H72F9N27O4. The summed E-state index contributed by atoms with van der Waals surface area (Å²) in [5.41, 5.74) is 2.50. The topological polar surface area (TPSA) is 412 Å². The van der Waals surface area contributed by atoms with Crippen molar-refractivity contribution >= 4 is 91.4 Å². The molecule has 0 aliphatic carbocycles. The molecule has 0 spiro atoms. The number of alkyl halides is 8. The quantitative estimate of drug-likeness (QED) is 0.0298. The Balaban J connectivity index is 0.000000154. The minimum atomic E-state index is -4.72. The van der Waals surface area contributed by atoms with Crippen LogP contribution in [0.1, 0.15) is 74.7 Å². The molecule has 11 N–H and O–H groups in total. The van der Waals surface area contributed by atoms with Crippen molar-refractivity contribution in [1.82, 2.24) is 116 Å². The molecule has 1 aliphatic heterocycles. The zero-order valence-corrected chi connectivity index (χ0v) is 59.0. The Morgan fingerprint density at radius 2 is 0.843 bits per heavy atom. The van der Waals surface area contributed by atoms with Crippen molar-refractivity contribution in [2.75, 3.05) is 53.6 Å². The molecule has 566 valence electrons. The maximum absolute atomic E-state index is 14.5. The monoisotopic (exact) mass is 1500 g/mol. The van der Waals surface area contributed by atoms with E-state index in [1.807, 2.05) is 75.7 Å². The van der Waals surface area contributed by atoms with Gasteiger partial charge in [0.15, 0.2) is 34.9 Å². The average molecular weight is 1500 g/mol. The smallest absolute Gasteiger partial charge is 0.354 e. The number of H-pyrrole nitrogens is 4. The first kappa shape index (κ1) is 77.9. The fourth-order valence-corrected chi connectivity index (χ4v) is 10.8. The molecule has 108 heavy (non-hydrogen) atoms. The molecule has 0 unspecified atom stereocenters. The van der Waals surface area contributed by atoms with E-state index in [0.29, 0.717) is 81.6 Å². The van der Waals surface area contributed by atoms with E-state index in [1.54, 1.807) is 69.1 Å². The van der Waals surface area contributed by atoms with Gasteiger partial charge in [-0.15, -0.1) is 0 Å². The average Bonchev–Trinajstić information content (AvgIpc) is 1.61. The third-order valence-corrected chi connectivity index (χ3v) is 16.8. The Hall–Kier alpha value is -12.7. The van der Waals surface area contributed by atoms with Crippen LogP contribution in [0.25, 0.3) is 89.7 Å². The standard InChI is InChI=1S/C18H14F6N6O.C17H18F3N7O.C17H21N7O.C16H19N7O/c19-11-6-27-14(10-5-26-13-9(10)2-1-3-25-13)29-15(11)30-8-17(20,21)4-12(30)16(31)28-7-18(22,23)24;1-3-16(2,14(28)23-8-17(18,19)20)27-15-25-9-24-13(26-15)11-7-22-12-10(11)5-4-6-21-12;1-4-17(3,15(25)18-5-2)24-16-22-10-21-14(23-16)12-9-20-13-11(12)7-6-8-19-13;1-4-17-14(24)16(2,3)23-15-21-9-20-13(22-15)11-8-19-12-10(11)6-5-7-18-12/h1-3,5-6,12H,4,7-8H2,(H,25,26)(H,28,31);4-7,9H,3,8H2,1-2H3,(H,21,22)(H,23,28)(H,24,25,26,27);6-10H,4-5H2,1-3H3,(H,18,25)(H,19,20)(H,21,22,23,24);5-9H,4H2,1-3H3,(H,17,24)(H,18,19)(H,20,21,22,23)/t12-;16-;17-;/m111./s1. The molecule has 40 heteroatoms. The first-order valence-corrected chi connectivity index (χ1v) is 33.4. The third kappa shape index (κ3) is 18.9. The van der Waals surface area contributed by atoms with Crippen molar-refractivity contribution in [3.8, 4) is 45.6 Å². The summed E-state index contributed by atoms with van der Waals surface area (Å²) in [6.45, 7) is 11.2. The summed E-state index contributed by atoms with van der Waals surface area (Å²) in [6.07, 6.45) is 8.87. The first-order chi connectivity index (χ1) is 51.3. The molecule has 13 heterocycles. The second-order valence-corrected chi connectivity index (χ2v) is 25.1. The number of aromatic amines is 4. The minimum Gasteiger partial charge on any atom is -0.354 e. The molecule has 1 aliphatic rings. The Morgan fingerprint density at radius 3 is 1.22 bits per heavy atom. The van der Waals surface area contributed by atoms with Crippen LogP contribution in [0, 0.1) is 5.82 Å². The number of anilines is 4. The van der Waals surface area contributed by atoms with Gasteiger partial charge < -0.3 is 62.1 Å². The second-order valence-electron chi connectivity index (χ2n) is 25.1. The number of nitrogens with zero attached hydrogens (tertiary/aromatic N) is 16. The van der Waals surface area contributed by atoms with Gasteiger partial charge in [-0.1, -0.05) is 13.8 Å². The van der Waals surface area contributed by atoms with E-state index in [0.717, 1.165) is 44.8 Å². The van der Waals surface area contributed by atoms with Crippen LogP contribution in [-0.4, -0.2) is 192 Å². The van der Waals surface area contributed by atoms with Gasteiger partial charge in [0, 0.05) is 113 Å². The van der Waals surface area contributed by atoms with Crippen LogP contribution in [0.4, 0.5) is 63.2 Å². The Kier molecular flexibility index (Phi) is 23.6. The predicted molar refractivity (Wildman–Crippen MR) is 380 cm³/mol. The highest BCUT2D eigenvalue weighted by Gasteiger charge is 2.50. The molecule has 0 saturated carbocycles. The number of nitrogens with one attached hydrogen (secondary N) is 11. The van der Waals surface area contributed by atoms with Gasteiger partial charge in [-0.3, -0.25) is 19.2 Å². The summed E-state index contributed by atoms with van der Waals surface area (Å²) in [5, 5.41) is 21.4. The maximum atomic E-state index is 14.5. The Morgan fingerprint density at radius 1 is 0.481 bits per heavy atom. The number of aromatic nitrogens is 19. The van der Waals surface area contributed by atoms with E-state index in [1.165, 1.54) is 38.3 Å². The van der Waals surface area contributed by atoms with Crippen molar-refractivity contribution in [2.24, 2.45) is 0 Å². The highest BCUT2D eigenvalue weighted by molar-refractivity contribution is 5.96. The van der Waals surface area contributed by atoms with Gasteiger partial charge in [-0.2, -0.15) is 41.3 Å². The lowest BCUT2D eigenvalue weighted by Crippen LogP contribution is -2.52. The van der Waals surface area contributed by atoms with Crippen LogP contribution in [-0.2, 0) is 19.2 Å². The molecule has 0 bridgehead atoms. The van der Waals surface area contributed by atoms with Crippen LogP contribution >= 0.6 is 0 Å². The van der Waals surface area contributed by atoms with Gasteiger partial charge in [-0.25, -0.2) is 73.0 Å². The molecule has 0 radical (unpaired) electrons. The van der Waals surface area contributed by atoms with E-state index >= 15 is 0 Å². The fourth-order valence-electron chi connectivity index (χ4n) is 10.8. The number of halogens is 9. The predicted octanol–water partition coefficient (Wildman–Crippen LogP) is 9.60. The van der Waals surface area contributed by atoms with Gasteiger partial charge in [0.2, 0.25) is 41.5 Å². The summed E-state index contributed by atoms with van der Waals surface area (Å²) < 4.78 is 117. The van der Waals surface area contributed by atoms with Gasteiger partial charge in [0.1, 0.15) is 77.3 Å². The lowest BCUT2D eigenvalue weighted by molar-refractivity contribution is -0.140. The van der Waals surface area contributed by atoms with E-state index in [-0.39, 0.29) is 30.0 Å². The summed E-state index contributed by atoms with van der Waals surface area (Å²) >= 11 is 0. The molecule has 3 atom stereocenters. The van der Waals surface area contributed by atoms with Crippen molar-refractivity contribution in [3.05, 3.63) is 129 Å². The largest absolute Gasteiger partial charge is 0.405 e. The Labute approximate surface area is 607 Å². The third-order valence-electron chi connectivity index (χ3n) is 16.8. The molecule has 4 amide bonds. The number of hydrogen-bond donors (Lipinski definition) is 11. The summed E-state index contributed by atoms with van der Waals surface area (Å²) in [7, 11) is 0. The van der Waals surface area contributed by atoms with Crippen molar-refractivity contribution < 1.29 is 58.7 Å². The highest BCUT2D eigenvalue weighted by Crippen LogP contribution is 2.38. The van der Waals surface area contributed by atoms with Crippen LogP contribution in [0.5, 0.6) is 0 Å². The molecule has 12 aromatic rings. The van der Waals surface area contributed by atoms with Crippen molar-refractivity contribution in [1.29, 1.82) is 0 Å². The van der Waals surface area contributed by atoms with E-state index in [9.17, 15) is 58.7 Å². The van der Waals surface area contributed by atoms with Crippen LogP contribution in [0.15, 0.2) is 123 Å². The summed E-state index contributed by atoms with van der Waals surface area (Å²) in [6, 6.07) is 12.9. The van der Waals surface area contributed by atoms with Gasteiger partial charge in [-0.05, 0) is 103 Å². The van der Waals surface area contributed by atoms with Crippen molar-refractivity contribution in [3.63, 3.8) is 0 Å². The second kappa shape index (κ2) is 32.8. The first-order valence-electron chi connectivity index (χ1n) is 33.4. The van der Waals surface area contributed by atoms with Crippen LogP contribution in [0.3, 0.4) is 0 Å². The molecule has 12 aromatic heterocycles. The number of rotatable bonds is 21. The highest BCUT2D eigenvalue weighted by atomic mass is 19.4. The summed E-state index contributed by atoms with van der Waals surface area (Å²) in [5.74, 6) is -5.31. The van der Waals surface area contributed by atoms with E-state index < -0.39 is 90.4 Å². The molecule has 1 fully saturated rings. The zero-order valence-electron chi connectivity index (χ0n) is 59.0. The number of fused-ring (bicyclic) bond motifs is 4. The molecular weight excluding hydrogens is 1430 g/mol.